The van der Waals surface area contributed by atoms with Crippen LogP contribution in [0.4, 0.5) is 0 Å². The summed E-state index contributed by atoms with van der Waals surface area (Å²) in [4.78, 5) is 28.7. The van der Waals surface area contributed by atoms with Gasteiger partial charge >= 0.3 is 5.69 Å². The highest BCUT2D eigenvalue weighted by Gasteiger charge is 2.15. The monoisotopic (exact) mass is 396 g/mol. The fraction of sp³-hybridized carbons (Fsp3) is 0.316. The molecule has 0 bridgehead atoms. The molecule has 28 heavy (non-hydrogen) atoms. The minimum absolute atomic E-state index is 0.323. The molecule has 0 radical (unpaired) electrons. The largest absolute Gasteiger partial charge is 0.330 e. The van der Waals surface area contributed by atoms with Crippen LogP contribution in [-0.4, -0.2) is 28.9 Å². The highest BCUT2D eigenvalue weighted by Crippen LogP contribution is 2.27. The van der Waals surface area contributed by atoms with Gasteiger partial charge in [-0.05, 0) is 12.5 Å². The smallest absolute Gasteiger partial charge is 0.324 e. The molecule has 0 saturated heterocycles. The average Bonchev–Trinajstić information content (AvgIpc) is 3.02. The SMILES string of the molecule is CCCn1c2ccccc2c2nnc(SCc3cc(=O)n(C)c(=O)n3C)nc21. The van der Waals surface area contributed by atoms with Crippen LogP contribution in [0.1, 0.15) is 19.0 Å². The van der Waals surface area contributed by atoms with Crippen molar-refractivity contribution >= 4 is 33.8 Å². The minimum Gasteiger partial charge on any atom is -0.324 e. The molecule has 4 aromatic rings. The van der Waals surface area contributed by atoms with Crippen LogP contribution in [0, 0.1) is 0 Å². The summed E-state index contributed by atoms with van der Waals surface area (Å²) in [5.41, 5.74) is 2.64. The molecule has 0 saturated carbocycles. The van der Waals surface area contributed by atoms with Crippen molar-refractivity contribution in [2.75, 3.05) is 0 Å². The lowest BCUT2D eigenvalue weighted by molar-refractivity contribution is 0.664. The maximum Gasteiger partial charge on any atom is 0.330 e. The van der Waals surface area contributed by atoms with Crippen LogP contribution in [0.25, 0.3) is 22.1 Å². The van der Waals surface area contributed by atoms with E-state index in [9.17, 15) is 9.59 Å². The summed E-state index contributed by atoms with van der Waals surface area (Å²) in [6.07, 6.45) is 0.982. The highest BCUT2D eigenvalue weighted by atomic mass is 32.2. The summed E-state index contributed by atoms with van der Waals surface area (Å²) in [6, 6.07) is 9.55. The predicted molar refractivity (Wildman–Crippen MR) is 110 cm³/mol. The third-order valence-electron chi connectivity index (χ3n) is 4.78. The molecule has 0 N–H and O–H groups in total. The van der Waals surface area contributed by atoms with Crippen molar-refractivity contribution in [2.24, 2.45) is 14.1 Å². The molecule has 0 aliphatic heterocycles. The summed E-state index contributed by atoms with van der Waals surface area (Å²) in [5.74, 6) is 0.406. The first-order chi connectivity index (χ1) is 13.5. The van der Waals surface area contributed by atoms with Gasteiger partial charge in [0.2, 0.25) is 5.16 Å². The Hall–Kier alpha value is -2.94. The summed E-state index contributed by atoms with van der Waals surface area (Å²) in [6.45, 7) is 2.97. The molecule has 0 amide bonds. The second-order valence-electron chi connectivity index (χ2n) is 6.60. The van der Waals surface area contributed by atoms with Gasteiger partial charge in [0.1, 0.15) is 5.52 Å². The van der Waals surface area contributed by atoms with Crippen LogP contribution in [0.2, 0.25) is 0 Å². The second-order valence-corrected chi connectivity index (χ2v) is 7.54. The number of benzene rings is 1. The number of fused-ring (bicyclic) bond motifs is 3. The first-order valence-corrected chi connectivity index (χ1v) is 10.00. The molecule has 0 unspecified atom stereocenters. The Morgan fingerprint density at radius 1 is 1.07 bits per heavy atom. The number of nitrogens with zero attached hydrogens (tertiary/aromatic N) is 6. The zero-order chi connectivity index (χ0) is 19.8. The van der Waals surface area contributed by atoms with Crippen LogP contribution < -0.4 is 11.2 Å². The van der Waals surface area contributed by atoms with E-state index in [2.05, 4.69) is 27.8 Å². The average molecular weight is 396 g/mol. The van der Waals surface area contributed by atoms with Crippen LogP contribution in [-0.2, 0) is 26.4 Å². The fourth-order valence-electron chi connectivity index (χ4n) is 3.26. The number of thioether (sulfide) groups is 1. The van der Waals surface area contributed by atoms with Gasteiger partial charge in [0.05, 0.1) is 5.52 Å². The Labute approximate surface area is 164 Å². The van der Waals surface area contributed by atoms with Crippen LogP contribution >= 0.6 is 11.8 Å². The van der Waals surface area contributed by atoms with Gasteiger partial charge in [-0.3, -0.25) is 13.9 Å². The van der Waals surface area contributed by atoms with E-state index in [4.69, 9.17) is 4.98 Å². The van der Waals surface area contributed by atoms with Crippen LogP contribution in [0.3, 0.4) is 0 Å². The molecule has 0 aliphatic carbocycles. The minimum atomic E-state index is -0.347. The van der Waals surface area contributed by atoms with Gasteiger partial charge < -0.3 is 4.57 Å². The van der Waals surface area contributed by atoms with E-state index < -0.39 is 0 Å². The Morgan fingerprint density at radius 2 is 1.86 bits per heavy atom. The van der Waals surface area contributed by atoms with E-state index in [1.807, 2.05) is 18.2 Å². The summed E-state index contributed by atoms with van der Waals surface area (Å²) < 4.78 is 4.72. The maximum atomic E-state index is 12.1. The van der Waals surface area contributed by atoms with Crippen molar-refractivity contribution in [2.45, 2.75) is 30.8 Å². The number of rotatable bonds is 5. The lowest BCUT2D eigenvalue weighted by Crippen LogP contribution is -2.37. The molecule has 0 fully saturated rings. The van der Waals surface area contributed by atoms with Gasteiger partial charge in [-0.2, -0.15) is 0 Å². The second kappa shape index (κ2) is 7.23. The molecule has 0 aliphatic rings. The number of aryl methyl sites for hydroxylation is 1. The zero-order valence-electron chi connectivity index (χ0n) is 15.9. The van der Waals surface area contributed by atoms with Gasteiger partial charge in [0, 0.05) is 43.5 Å². The van der Waals surface area contributed by atoms with Crippen LogP contribution in [0.5, 0.6) is 0 Å². The summed E-state index contributed by atoms with van der Waals surface area (Å²) in [7, 11) is 3.12. The van der Waals surface area contributed by atoms with E-state index in [1.54, 1.807) is 7.05 Å². The molecule has 0 atom stereocenters. The van der Waals surface area contributed by atoms with Gasteiger partial charge in [-0.25, -0.2) is 9.78 Å². The van der Waals surface area contributed by atoms with Crippen molar-refractivity contribution in [3.8, 4) is 0 Å². The van der Waals surface area contributed by atoms with Gasteiger partial charge in [0.15, 0.2) is 5.65 Å². The molecule has 9 heteroatoms. The number of para-hydroxylation sites is 1. The van der Waals surface area contributed by atoms with E-state index in [-0.39, 0.29) is 11.2 Å². The van der Waals surface area contributed by atoms with Crippen LogP contribution in [0.15, 0.2) is 45.1 Å². The number of aromatic nitrogens is 6. The lowest BCUT2D eigenvalue weighted by Gasteiger charge is -2.08. The lowest BCUT2D eigenvalue weighted by atomic mass is 10.2. The molecular weight excluding hydrogens is 376 g/mol. The predicted octanol–water partition coefficient (Wildman–Crippen LogP) is 2.08. The molecule has 3 aromatic heterocycles. The first kappa shape index (κ1) is 18.4. The van der Waals surface area contributed by atoms with Crippen molar-refractivity contribution in [3.05, 3.63) is 56.9 Å². The molecule has 144 valence electrons. The summed E-state index contributed by atoms with van der Waals surface area (Å²) in [5, 5.41) is 10.2. The van der Waals surface area contributed by atoms with E-state index in [0.717, 1.165) is 39.6 Å². The molecule has 1 aromatic carbocycles. The van der Waals surface area contributed by atoms with E-state index in [0.29, 0.717) is 16.6 Å². The Balaban J connectivity index is 1.73. The van der Waals surface area contributed by atoms with Crippen molar-refractivity contribution in [3.63, 3.8) is 0 Å². The van der Waals surface area contributed by atoms with E-state index >= 15 is 0 Å². The molecule has 4 rings (SSSR count). The summed E-state index contributed by atoms with van der Waals surface area (Å²) >= 11 is 1.36. The Morgan fingerprint density at radius 3 is 2.64 bits per heavy atom. The van der Waals surface area contributed by atoms with Gasteiger partial charge in [-0.1, -0.05) is 36.9 Å². The molecule has 0 spiro atoms. The number of hydrogen-bond acceptors (Lipinski definition) is 6. The molecule has 8 nitrogen and oxygen atoms in total. The topological polar surface area (TPSA) is 87.6 Å². The fourth-order valence-corrected chi connectivity index (χ4v) is 4.06. The first-order valence-electron chi connectivity index (χ1n) is 9.01. The van der Waals surface area contributed by atoms with Gasteiger partial charge in [-0.15, -0.1) is 10.2 Å². The van der Waals surface area contributed by atoms with Crippen molar-refractivity contribution in [1.82, 2.24) is 28.9 Å². The third kappa shape index (κ3) is 3.01. The Bertz CT molecular complexity index is 1300. The third-order valence-corrected chi connectivity index (χ3v) is 5.65. The molecule has 3 heterocycles. The number of hydrogen-bond donors (Lipinski definition) is 0. The van der Waals surface area contributed by atoms with Crippen molar-refractivity contribution in [1.29, 1.82) is 0 Å². The highest BCUT2D eigenvalue weighted by molar-refractivity contribution is 7.98. The molecular formula is C19H20N6O2S. The van der Waals surface area contributed by atoms with E-state index in [1.165, 1.54) is 29.4 Å². The standard InChI is InChI=1S/C19H20N6O2S/c1-4-9-25-14-8-6-5-7-13(14)16-17(25)20-18(22-21-16)28-11-12-10-15(26)24(3)19(27)23(12)2/h5-8,10H,4,9,11H2,1-3H3. The maximum absolute atomic E-state index is 12.1. The Kier molecular flexibility index (Phi) is 4.76. The normalized spacial score (nSPS) is 11.5. The zero-order valence-corrected chi connectivity index (χ0v) is 16.7. The van der Waals surface area contributed by atoms with Gasteiger partial charge in [0.25, 0.3) is 5.56 Å². The quantitative estimate of drug-likeness (QED) is 0.480. The van der Waals surface area contributed by atoms with Crippen molar-refractivity contribution < 1.29 is 0 Å².